The van der Waals surface area contributed by atoms with E-state index in [4.69, 9.17) is 9.84 Å². The number of ether oxygens (including phenoxy) is 1. The lowest BCUT2D eigenvalue weighted by molar-refractivity contribution is -0.142. The van der Waals surface area contributed by atoms with Crippen LogP contribution in [0, 0.1) is 11.8 Å². The number of likely N-dealkylation sites (tertiary alicyclic amines) is 1. The van der Waals surface area contributed by atoms with Crippen molar-refractivity contribution < 1.29 is 14.6 Å². The van der Waals surface area contributed by atoms with Gasteiger partial charge in [0, 0.05) is 25.7 Å². The number of carbonyl (C=O) groups is 1. The van der Waals surface area contributed by atoms with Crippen LogP contribution < -0.4 is 0 Å². The van der Waals surface area contributed by atoms with Crippen LogP contribution in [0.4, 0.5) is 0 Å². The molecule has 98 valence electrons. The maximum absolute atomic E-state index is 11.1. The Morgan fingerprint density at radius 3 is 2.65 bits per heavy atom. The van der Waals surface area contributed by atoms with E-state index >= 15 is 0 Å². The number of carboxylic acid groups (broad SMARTS) is 1. The average molecular weight is 241 g/mol. The predicted octanol–water partition coefficient (Wildman–Crippen LogP) is 1.60. The van der Waals surface area contributed by atoms with Crippen molar-refractivity contribution >= 4 is 5.97 Å². The molecule has 2 rings (SSSR count). The van der Waals surface area contributed by atoms with Gasteiger partial charge in [0.2, 0.25) is 0 Å². The Hall–Kier alpha value is -0.610. The number of hydrogen-bond acceptors (Lipinski definition) is 3. The number of hydrogen-bond donors (Lipinski definition) is 1. The van der Waals surface area contributed by atoms with Crippen molar-refractivity contribution in [1.82, 2.24) is 4.90 Å². The highest BCUT2D eigenvalue weighted by atomic mass is 16.5. The summed E-state index contributed by atoms with van der Waals surface area (Å²) in [6.07, 6.45) is 2.04. The molecular formula is C13H23NO3. The van der Waals surface area contributed by atoms with Crippen LogP contribution in [0.3, 0.4) is 0 Å². The maximum Gasteiger partial charge on any atom is 0.308 e. The summed E-state index contributed by atoms with van der Waals surface area (Å²) in [7, 11) is 0. The third-order valence-corrected chi connectivity index (χ3v) is 4.15. The molecule has 0 aromatic rings. The van der Waals surface area contributed by atoms with Gasteiger partial charge in [0.15, 0.2) is 0 Å². The second-order valence-corrected chi connectivity index (χ2v) is 6.13. The Labute approximate surface area is 103 Å². The van der Waals surface area contributed by atoms with Gasteiger partial charge in [-0.2, -0.15) is 0 Å². The lowest BCUT2D eigenvalue weighted by Gasteiger charge is -2.39. The predicted molar refractivity (Wildman–Crippen MR) is 64.9 cm³/mol. The maximum atomic E-state index is 11.1. The van der Waals surface area contributed by atoms with Gasteiger partial charge in [0.05, 0.1) is 11.5 Å². The normalized spacial score (nSPS) is 38.2. The zero-order chi connectivity index (χ0) is 12.6. The Morgan fingerprint density at radius 2 is 2.12 bits per heavy atom. The summed E-state index contributed by atoms with van der Waals surface area (Å²) in [4.78, 5) is 13.5. The summed E-state index contributed by atoms with van der Waals surface area (Å²) in [5.41, 5.74) is -0.0620. The molecule has 4 heteroatoms. The fourth-order valence-corrected chi connectivity index (χ4v) is 3.14. The SMILES string of the molecule is CC1CN(C2CCOC(C)(C)C2)CC1C(=O)O. The average Bonchev–Trinajstić information content (AvgIpc) is 2.59. The molecular weight excluding hydrogens is 218 g/mol. The monoisotopic (exact) mass is 241 g/mol. The lowest BCUT2D eigenvalue weighted by atomic mass is 9.93. The van der Waals surface area contributed by atoms with Gasteiger partial charge in [-0.25, -0.2) is 0 Å². The standard InChI is InChI=1S/C13H23NO3/c1-9-7-14(8-11(9)12(15)16)10-4-5-17-13(2,3)6-10/h9-11H,4-8H2,1-3H3,(H,15,16). The first-order chi connectivity index (χ1) is 7.89. The van der Waals surface area contributed by atoms with E-state index in [9.17, 15) is 4.79 Å². The molecule has 0 aromatic heterocycles. The van der Waals surface area contributed by atoms with Crippen LogP contribution in [0.15, 0.2) is 0 Å². The zero-order valence-corrected chi connectivity index (χ0v) is 11.0. The Kier molecular flexibility index (Phi) is 3.46. The van der Waals surface area contributed by atoms with E-state index in [1.165, 1.54) is 0 Å². The summed E-state index contributed by atoms with van der Waals surface area (Å²) < 4.78 is 5.71. The second-order valence-electron chi connectivity index (χ2n) is 6.13. The van der Waals surface area contributed by atoms with Crippen molar-refractivity contribution in [2.45, 2.75) is 45.3 Å². The first kappa shape index (κ1) is 12.8. The molecule has 1 N–H and O–H groups in total. The molecule has 2 heterocycles. The zero-order valence-electron chi connectivity index (χ0n) is 11.0. The van der Waals surface area contributed by atoms with E-state index in [2.05, 4.69) is 18.7 Å². The molecule has 2 aliphatic heterocycles. The number of nitrogens with zero attached hydrogens (tertiary/aromatic N) is 1. The van der Waals surface area contributed by atoms with Crippen LogP contribution in [0.5, 0.6) is 0 Å². The molecule has 2 saturated heterocycles. The first-order valence-electron chi connectivity index (χ1n) is 6.50. The summed E-state index contributed by atoms with van der Waals surface area (Å²) in [5, 5.41) is 9.15. The number of carboxylic acids is 1. The molecule has 0 spiro atoms. The lowest BCUT2D eigenvalue weighted by Crippen LogP contribution is -2.45. The van der Waals surface area contributed by atoms with E-state index in [1.54, 1.807) is 0 Å². The minimum atomic E-state index is -0.647. The molecule has 3 unspecified atom stereocenters. The summed E-state index contributed by atoms with van der Waals surface area (Å²) in [6.45, 7) is 8.69. The summed E-state index contributed by atoms with van der Waals surface area (Å²) in [5.74, 6) is -0.578. The van der Waals surface area contributed by atoms with Crippen molar-refractivity contribution in [1.29, 1.82) is 0 Å². The van der Waals surface area contributed by atoms with E-state index < -0.39 is 5.97 Å². The Morgan fingerprint density at radius 1 is 1.41 bits per heavy atom. The molecule has 0 saturated carbocycles. The van der Waals surface area contributed by atoms with Crippen LogP contribution >= 0.6 is 0 Å². The molecule has 2 fully saturated rings. The van der Waals surface area contributed by atoms with Gasteiger partial charge in [0.25, 0.3) is 0 Å². The molecule has 2 aliphatic rings. The van der Waals surface area contributed by atoms with E-state index in [0.29, 0.717) is 12.6 Å². The quantitative estimate of drug-likeness (QED) is 0.797. The van der Waals surface area contributed by atoms with Crippen LogP contribution in [0.1, 0.15) is 33.6 Å². The smallest absolute Gasteiger partial charge is 0.308 e. The summed E-state index contributed by atoms with van der Waals surface area (Å²) >= 11 is 0. The molecule has 0 bridgehead atoms. The number of rotatable bonds is 2. The molecule has 4 nitrogen and oxygen atoms in total. The van der Waals surface area contributed by atoms with Gasteiger partial charge in [-0.1, -0.05) is 6.92 Å². The third-order valence-electron chi connectivity index (χ3n) is 4.15. The van der Waals surface area contributed by atoms with Crippen molar-refractivity contribution in [2.75, 3.05) is 19.7 Å². The van der Waals surface area contributed by atoms with Crippen LogP contribution in [-0.4, -0.2) is 47.3 Å². The fraction of sp³-hybridized carbons (Fsp3) is 0.923. The molecule has 0 radical (unpaired) electrons. The van der Waals surface area contributed by atoms with Gasteiger partial charge < -0.3 is 9.84 Å². The van der Waals surface area contributed by atoms with Crippen LogP contribution in [-0.2, 0) is 9.53 Å². The summed E-state index contributed by atoms with van der Waals surface area (Å²) in [6, 6.07) is 0.491. The molecule has 0 amide bonds. The molecule has 3 atom stereocenters. The third kappa shape index (κ3) is 2.80. The Bertz CT molecular complexity index is 303. The van der Waals surface area contributed by atoms with Gasteiger partial charge >= 0.3 is 5.97 Å². The second kappa shape index (κ2) is 4.58. The topological polar surface area (TPSA) is 49.8 Å². The largest absolute Gasteiger partial charge is 0.481 e. The van der Waals surface area contributed by atoms with Gasteiger partial charge in [-0.15, -0.1) is 0 Å². The highest BCUT2D eigenvalue weighted by Crippen LogP contribution is 2.32. The van der Waals surface area contributed by atoms with Gasteiger partial charge in [0.1, 0.15) is 0 Å². The van der Waals surface area contributed by atoms with Gasteiger partial charge in [-0.3, -0.25) is 9.69 Å². The van der Waals surface area contributed by atoms with Crippen LogP contribution in [0.25, 0.3) is 0 Å². The molecule has 0 aromatic carbocycles. The molecule has 0 aliphatic carbocycles. The van der Waals surface area contributed by atoms with E-state index in [1.807, 2.05) is 6.92 Å². The van der Waals surface area contributed by atoms with Crippen molar-refractivity contribution in [3.63, 3.8) is 0 Å². The van der Waals surface area contributed by atoms with Crippen molar-refractivity contribution in [3.8, 4) is 0 Å². The Balaban J connectivity index is 1.98. The minimum Gasteiger partial charge on any atom is -0.481 e. The van der Waals surface area contributed by atoms with Crippen molar-refractivity contribution in [3.05, 3.63) is 0 Å². The van der Waals surface area contributed by atoms with E-state index in [0.717, 1.165) is 26.0 Å². The number of aliphatic carboxylic acids is 1. The van der Waals surface area contributed by atoms with Crippen LogP contribution in [0.2, 0.25) is 0 Å². The van der Waals surface area contributed by atoms with E-state index in [-0.39, 0.29) is 17.4 Å². The molecule has 17 heavy (non-hydrogen) atoms. The first-order valence-corrected chi connectivity index (χ1v) is 6.50. The highest BCUT2D eigenvalue weighted by Gasteiger charge is 2.40. The fourth-order valence-electron chi connectivity index (χ4n) is 3.14. The van der Waals surface area contributed by atoms with Crippen molar-refractivity contribution in [2.24, 2.45) is 11.8 Å². The highest BCUT2D eigenvalue weighted by molar-refractivity contribution is 5.71. The minimum absolute atomic E-state index is 0.0620. The van der Waals surface area contributed by atoms with Gasteiger partial charge in [-0.05, 0) is 32.6 Å².